The Morgan fingerprint density at radius 2 is 0.886 bits per heavy atom. The average molecular weight is 672 g/mol. The monoisotopic (exact) mass is 670 g/mol. The molecule has 0 heterocycles. The molecule has 0 saturated heterocycles. The number of phenolic OH excluding ortho intramolecular Hbond substituents is 2. The molecular weight excluding hydrogens is 633 g/mol. The summed E-state index contributed by atoms with van der Waals surface area (Å²) >= 11 is 11.6. The van der Waals surface area contributed by atoms with Gasteiger partial charge >= 0.3 is 59.1 Å². The Morgan fingerprint density at radius 1 is 0.568 bits per heavy atom. The second kappa shape index (κ2) is 26.7. The molecule has 0 aromatic heterocycles. The number of carboxylic acids is 2. The summed E-state index contributed by atoms with van der Waals surface area (Å²) < 4.78 is 0. The maximum Gasteiger partial charge on any atom is 1.00 e. The Balaban J connectivity index is 0. The molecule has 0 bridgehead atoms. The molecule has 2 aromatic carbocycles. The number of unbranched alkanes of at least 4 members (excludes halogenated alkanes) is 8. The molecular formula is C30H38Cl2N2Na2O8. The van der Waals surface area contributed by atoms with Crippen LogP contribution in [-0.4, -0.2) is 47.1 Å². The van der Waals surface area contributed by atoms with Crippen molar-refractivity contribution < 1.29 is 98.7 Å². The van der Waals surface area contributed by atoms with Gasteiger partial charge in [-0.25, -0.2) is 0 Å². The minimum Gasteiger partial charge on any atom is -0.550 e. The number of phenols is 2. The molecule has 2 aromatic rings. The third kappa shape index (κ3) is 21.3. The van der Waals surface area contributed by atoms with E-state index in [4.69, 9.17) is 23.2 Å². The first-order valence-electron chi connectivity index (χ1n) is 13.9. The van der Waals surface area contributed by atoms with E-state index in [1.54, 1.807) is 0 Å². The van der Waals surface area contributed by atoms with Crippen molar-refractivity contribution in [2.24, 2.45) is 0 Å². The zero-order chi connectivity index (χ0) is 31.3. The Labute approximate surface area is 312 Å². The Kier molecular flexibility index (Phi) is 27.1. The molecule has 2 amide bonds. The molecule has 0 aliphatic carbocycles. The van der Waals surface area contributed by atoms with Crippen molar-refractivity contribution in [1.82, 2.24) is 10.6 Å². The molecule has 0 saturated carbocycles. The van der Waals surface area contributed by atoms with E-state index in [9.17, 15) is 39.6 Å². The summed E-state index contributed by atoms with van der Waals surface area (Å²) in [5, 5.41) is 45.8. The Morgan fingerprint density at radius 3 is 1.23 bits per heavy atom. The van der Waals surface area contributed by atoms with Gasteiger partial charge in [-0.3, -0.25) is 9.59 Å². The van der Waals surface area contributed by atoms with Crippen molar-refractivity contribution in [3.8, 4) is 11.5 Å². The summed E-state index contributed by atoms with van der Waals surface area (Å²) in [5.41, 5.74) is 0.327. The van der Waals surface area contributed by atoms with Crippen LogP contribution >= 0.6 is 23.2 Å². The van der Waals surface area contributed by atoms with Crippen molar-refractivity contribution in [1.29, 1.82) is 0 Å². The predicted molar refractivity (Wildman–Crippen MR) is 156 cm³/mol. The van der Waals surface area contributed by atoms with E-state index in [1.807, 2.05) is 0 Å². The van der Waals surface area contributed by atoms with Crippen LogP contribution in [0.25, 0.3) is 0 Å². The minimum absolute atomic E-state index is 0. The van der Waals surface area contributed by atoms with E-state index >= 15 is 0 Å². The van der Waals surface area contributed by atoms with Crippen molar-refractivity contribution in [2.75, 3.05) is 13.1 Å². The molecule has 0 atom stereocenters. The summed E-state index contributed by atoms with van der Waals surface area (Å²) in [5.74, 6) is -2.93. The minimum atomic E-state index is -1.01. The number of amides is 2. The first kappa shape index (κ1) is 44.6. The first-order chi connectivity index (χ1) is 20.0. The number of halogens is 2. The molecule has 0 radical (unpaired) electrons. The number of benzene rings is 2. The second-order valence-corrected chi connectivity index (χ2v) is 10.5. The Bertz CT molecular complexity index is 1080. The molecule has 0 unspecified atom stereocenters. The third-order valence-electron chi connectivity index (χ3n) is 6.09. The van der Waals surface area contributed by atoms with Gasteiger partial charge in [-0.15, -0.1) is 0 Å². The van der Waals surface area contributed by atoms with Crippen molar-refractivity contribution in [3.05, 3.63) is 57.6 Å². The van der Waals surface area contributed by atoms with E-state index in [-0.39, 0.29) is 106 Å². The van der Waals surface area contributed by atoms with Gasteiger partial charge in [0.15, 0.2) is 0 Å². The summed E-state index contributed by atoms with van der Waals surface area (Å²) in [4.78, 5) is 44.1. The fourth-order valence-corrected chi connectivity index (χ4v) is 4.17. The van der Waals surface area contributed by atoms with Crippen LogP contribution < -0.4 is 80.0 Å². The van der Waals surface area contributed by atoms with Crippen LogP contribution in [-0.2, 0) is 9.59 Å². The van der Waals surface area contributed by atoms with Gasteiger partial charge in [0.25, 0.3) is 11.8 Å². The largest absolute Gasteiger partial charge is 1.00 e. The van der Waals surface area contributed by atoms with Crippen LogP contribution in [0, 0.1) is 0 Å². The number of carbonyl (C=O) groups excluding carboxylic acids is 4. The van der Waals surface area contributed by atoms with Crippen LogP contribution in [0.2, 0.25) is 10.0 Å². The predicted octanol–water partition coefficient (Wildman–Crippen LogP) is -2.26. The average Bonchev–Trinajstić information content (AvgIpc) is 2.94. The van der Waals surface area contributed by atoms with Crippen molar-refractivity contribution >= 4 is 47.0 Å². The van der Waals surface area contributed by atoms with E-state index in [0.717, 1.165) is 51.4 Å². The fraction of sp³-hybridized carbons (Fsp3) is 0.467. The van der Waals surface area contributed by atoms with E-state index in [1.165, 1.54) is 36.4 Å². The molecule has 0 aliphatic rings. The maximum absolute atomic E-state index is 11.8. The quantitative estimate of drug-likeness (QED) is 0.101. The molecule has 4 N–H and O–H groups in total. The molecule has 2 rings (SSSR count). The van der Waals surface area contributed by atoms with Crippen LogP contribution in [0.3, 0.4) is 0 Å². The normalized spacial score (nSPS) is 9.86. The van der Waals surface area contributed by atoms with Crippen LogP contribution in [0.1, 0.15) is 97.8 Å². The molecule has 0 spiro atoms. The number of hydrogen-bond donors (Lipinski definition) is 4. The zero-order valence-electron chi connectivity index (χ0n) is 25.5. The fourth-order valence-electron chi connectivity index (χ4n) is 3.82. The van der Waals surface area contributed by atoms with Gasteiger partial charge in [0.2, 0.25) is 0 Å². The smallest absolute Gasteiger partial charge is 0.550 e. The summed E-state index contributed by atoms with van der Waals surface area (Å²) in [7, 11) is 0. The van der Waals surface area contributed by atoms with Gasteiger partial charge in [-0.2, -0.15) is 0 Å². The van der Waals surface area contributed by atoms with Crippen molar-refractivity contribution in [2.45, 2.75) is 77.0 Å². The first-order valence-corrected chi connectivity index (χ1v) is 14.7. The third-order valence-corrected chi connectivity index (χ3v) is 6.56. The molecule has 14 heteroatoms. The maximum atomic E-state index is 11.8. The molecule has 10 nitrogen and oxygen atoms in total. The van der Waals surface area contributed by atoms with Gasteiger partial charge < -0.3 is 40.6 Å². The number of hydrogen-bond acceptors (Lipinski definition) is 8. The number of carbonyl (C=O) groups is 4. The molecule has 0 aliphatic heterocycles. The van der Waals surface area contributed by atoms with Crippen molar-refractivity contribution in [3.63, 3.8) is 0 Å². The molecule has 44 heavy (non-hydrogen) atoms. The number of carboxylic acid groups (broad SMARTS) is 2. The van der Waals surface area contributed by atoms with Gasteiger partial charge in [0.1, 0.15) is 11.5 Å². The SMILES string of the molecule is O=C([O-])CCCCCCCNC(=O)c1cc(Cl)ccc1O.O=C([O-])CCCCCCCNC(=O)c1cc(Cl)ccc1O.[Na+].[Na+]. The molecule has 0 fully saturated rings. The number of aliphatic carboxylic acids is 2. The second-order valence-electron chi connectivity index (χ2n) is 9.61. The van der Waals surface area contributed by atoms with Crippen LogP contribution in [0.5, 0.6) is 11.5 Å². The van der Waals surface area contributed by atoms with Gasteiger partial charge in [0, 0.05) is 35.1 Å². The van der Waals surface area contributed by atoms with E-state index in [2.05, 4.69) is 10.6 Å². The summed E-state index contributed by atoms with van der Waals surface area (Å²) in [6.45, 7) is 1.01. The van der Waals surface area contributed by atoms with Gasteiger partial charge in [-0.1, -0.05) is 61.7 Å². The number of rotatable bonds is 18. The summed E-state index contributed by atoms with van der Waals surface area (Å²) in [6, 6.07) is 8.64. The van der Waals surface area contributed by atoms with Gasteiger partial charge in [-0.05, 0) is 74.9 Å². The van der Waals surface area contributed by atoms with Crippen LogP contribution in [0.15, 0.2) is 36.4 Å². The summed E-state index contributed by atoms with van der Waals surface area (Å²) in [6.07, 6.45) is 8.43. The standard InChI is InChI=1S/2C15H20ClNO4.2Na/c2*16-11-7-8-13(18)12(10-11)15(21)17-9-5-3-1-2-4-6-14(19)20;;/h2*7-8,10,18H,1-6,9H2,(H,17,21)(H,19,20);;/q;;2*+1/p-2. The molecule has 232 valence electrons. The number of nitrogens with one attached hydrogen (secondary N) is 2. The zero-order valence-corrected chi connectivity index (χ0v) is 31.0. The van der Waals surface area contributed by atoms with Gasteiger partial charge in [0.05, 0.1) is 11.1 Å². The Hall–Kier alpha value is -1.50. The van der Waals surface area contributed by atoms with E-state index < -0.39 is 11.9 Å². The topological polar surface area (TPSA) is 179 Å². The number of aromatic hydroxyl groups is 2. The van der Waals surface area contributed by atoms with E-state index in [0.29, 0.717) is 36.0 Å². The van der Waals surface area contributed by atoms with Crippen LogP contribution in [0.4, 0.5) is 0 Å².